The number of likely N-dealkylation sites (tertiary alicyclic amines) is 1. The maximum absolute atomic E-state index is 13.8. The molecule has 45 heavy (non-hydrogen) atoms. The van der Waals surface area contributed by atoms with Crippen molar-refractivity contribution in [3.05, 3.63) is 51.2 Å². The van der Waals surface area contributed by atoms with Crippen LogP contribution in [-0.4, -0.2) is 93.4 Å². The molecule has 3 heterocycles. The molecule has 1 aromatic rings. The zero-order valence-corrected chi connectivity index (χ0v) is 28.5. The number of β-lactam (4-membered cyclic amide) rings is 1. The number of hydrogen-bond acceptors (Lipinski definition) is 11. The minimum absolute atomic E-state index is 0.0101. The summed E-state index contributed by atoms with van der Waals surface area (Å²) in [6.07, 6.45) is 2.13. The smallest absolute Gasteiger partial charge is 0.362 e. The lowest BCUT2D eigenvalue weighted by atomic mass is 9.77. The number of carbonyl (C=O) groups is 3. The Hall–Kier alpha value is -2.98. The van der Waals surface area contributed by atoms with E-state index in [2.05, 4.69) is 20.8 Å². The van der Waals surface area contributed by atoms with Crippen LogP contribution >= 0.6 is 0 Å². The number of non-ortho nitro benzene ring substituents is 1. The first-order valence-corrected chi connectivity index (χ1v) is 19.8. The van der Waals surface area contributed by atoms with E-state index in [9.17, 15) is 32.9 Å². The molecule has 0 bridgehead atoms. The SMILES string of the molecule is CC[Si](CC)(CC)O[C@H](C)[C@H]1C(=O)N2C(C(=O)OC(=O)c3ccc([N+](=O)[O-])cc3)=C(CN3CCC[C@H]3COS(C)(=O)=O)[C@H](C)[C@H]12. The molecule has 0 N–H and O–H groups in total. The van der Waals surface area contributed by atoms with E-state index in [1.165, 1.54) is 17.0 Å². The van der Waals surface area contributed by atoms with Gasteiger partial charge in [0.15, 0.2) is 8.32 Å². The van der Waals surface area contributed by atoms with Crippen LogP contribution in [-0.2, 0) is 33.1 Å². The van der Waals surface area contributed by atoms with Gasteiger partial charge in [-0.25, -0.2) is 9.59 Å². The third kappa shape index (κ3) is 7.22. The van der Waals surface area contributed by atoms with E-state index < -0.39 is 41.2 Å². The predicted molar refractivity (Wildman–Crippen MR) is 167 cm³/mol. The van der Waals surface area contributed by atoms with E-state index in [-0.39, 0.29) is 60.1 Å². The van der Waals surface area contributed by atoms with Gasteiger partial charge >= 0.3 is 11.9 Å². The first kappa shape index (κ1) is 34.9. The van der Waals surface area contributed by atoms with Gasteiger partial charge in [-0.3, -0.25) is 24.0 Å². The van der Waals surface area contributed by atoms with E-state index in [1.54, 1.807) is 0 Å². The molecule has 3 aliphatic rings. The highest BCUT2D eigenvalue weighted by atomic mass is 32.2. The maximum Gasteiger partial charge on any atom is 0.362 e. The Kier molecular flexibility index (Phi) is 10.7. The summed E-state index contributed by atoms with van der Waals surface area (Å²) >= 11 is 0. The number of amides is 1. The number of hydrogen-bond donors (Lipinski definition) is 0. The van der Waals surface area contributed by atoms with E-state index in [1.807, 2.05) is 18.7 Å². The van der Waals surface area contributed by atoms with Gasteiger partial charge in [0.05, 0.1) is 41.4 Å². The van der Waals surface area contributed by atoms with Crippen LogP contribution in [0, 0.1) is 22.0 Å². The Morgan fingerprint density at radius 1 is 1.11 bits per heavy atom. The van der Waals surface area contributed by atoms with Crippen LogP contribution in [0.4, 0.5) is 5.69 Å². The van der Waals surface area contributed by atoms with Crippen molar-refractivity contribution in [1.82, 2.24) is 9.80 Å². The van der Waals surface area contributed by atoms with Crippen LogP contribution in [0.2, 0.25) is 18.1 Å². The van der Waals surface area contributed by atoms with E-state index in [0.717, 1.165) is 42.9 Å². The highest BCUT2D eigenvalue weighted by molar-refractivity contribution is 7.85. The standard InChI is InChI=1S/C30H43N3O10SSi/c1-7-45(8-2,9-3)43-20(5)25-26-19(4)24(17-31-16-10-11-23(31)18-41-44(6,39)40)27(32(26)28(25)34)30(36)42-29(35)21-12-14-22(15-13-21)33(37)38/h12-15,19-20,23,25-26H,7-11,16-18H2,1-6H3/t19-,20+,23-,25+,26+/m0/s1. The molecule has 0 unspecified atom stereocenters. The quantitative estimate of drug-likeness (QED) is 0.0539. The summed E-state index contributed by atoms with van der Waals surface area (Å²) in [7, 11) is -5.69. The number of nitro benzene ring substituents is 1. The molecule has 13 nitrogen and oxygen atoms in total. The van der Waals surface area contributed by atoms with Gasteiger partial charge in [-0.15, -0.1) is 0 Å². The van der Waals surface area contributed by atoms with Gasteiger partial charge in [-0.2, -0.15) is 8.42 Å². The fraction of sp³-hybridized carbons (Fsp3) is 0.633. The molecule has 0 spiro atoms. The Bertz CT molecular complexity index is 1450. The van der Waals surface area contributed by atoms with E-state index in [0.29, 0.717) is 18.5 Å². The van der Waals surface area contributed by atoms with Crippen LogP contribution in [0.3, 0.4) is 0 Å². The van der Waals surface area contributed by atoms with Crippen LogP contribution in [0.15, 0.2) is 35.5 Å². The molecule has 3 aliphatic heterocycles. The lowest BCUT2D eigenvalue weighted by molar-refractivity contribution is -0.384. The largest absolute Gasteiger partial charge is 0.413 e. The fourth-order valence-corrected chi connectivity index (χ4v) is 10.3. The fourth-order valence-electron chi connectivity index (χ4n) is 6.92. The third-order valence-electron chi connectivity index (χ3n) is 9.71. The summed E-state index contributed by atoms with van der Waals surface area (Å²) in [5, 5.41) is 11.0. The number of nitro groups is 1. The first-order valence-electron chi connectivity index (χ1n) is 15.5. The van der Waals surface area contributed by atoms with Crippen molar-refractivity contribution in [2.24, 2.45) is 11.8 Å². The number of nitrogens with zero attached hydrogens (tertiary/aromatic N) is 3. The second-order valence-corrected chi connectivity index (χ2v) is 18.6. The second kappa shape index (κ2) is 13.8. The molecule has 0 radical (unpaired) electrons. The second-order valence-electron chi connectivity index (χ2n) is 12.2. The zero-order chi connectivity index (χ0) is 33.3. The van der Waals surface area contributed by atoms with Gasteiger partial charge in [0.2, 0.25) is 5.91 Å². The minimum Gasteiger partial charge on any atom is -0.413 e. The monoisotopic (exact) mass is 665 g/mol. The summed E-state index contributed by atoms with van der Waals surface area (Å²) in [5.74, 6) is -3.00. The molecule has 2 saturated heterocycles. The van der Waals surface area contributed by atoms with E-state index in [4.69, 9.17) is 13.3 Å². The van der Waals surface area contributed by atoms with Gasteiger partial charge < -0.3 is 14.1 Å². The average Bonchev–Trinajstić information content (AvgIpc) is 3.54. The van der Waals surface area contributed by atoms with Crippen molar-refractivity contribution >= 4 is 42.0 Å². The Labute approximate surface area is 265 Å². The van der Waals surface area contributed by atoms with Gasteiger partial charge in [-0.05, 0) is 62.1 Å². The number of ether oxygens (including phenoxy) is 1. The van der Waals surface area contributed by atoms with Gasteiger partial charge in [0, 0.05) is 30.6 Å². The molecule has 0 saturated carbocycles. The summed E-state index contributed by atoms with van der Waals surface area (Å²) in [5.41, 5.74) is 0.368. The summed E-state index contributed by atoms with van der Waals surface area (Å²) in [4.78, 5) is 54.3. The number of rotatable bonds is 14. The Balaban J connectivity index is 1.62. The zero-order valence-electron chi connectivity index (χ0n) is 26.7. The van der Waals surface area contributed by atoms with Crippen molar-refractivity contribution < 1.29 is 41.1 Å². The molecule has 2 fully saturated rings. The summed E-state index contributed by atoms with van der Waals surface area (Å²) < 4.78 is 40.4. The summed E-state index contributed by atoms with van der Waals surface area (Å²) in [6, 6.07) is 6.87. The first-order chi connectivity index (χ1) is 21.2. The molecule has 5 atom stereocenters. The van der Waals surface area contributed by atoms with Gasteiger partial charge in [-0.1, -0.05) is 27.7 Å². The molecule has 15 heteroatoms. The lowest BCUT2D eigenvalue weighted by Gasteiger charge is -2.49. The lowest BCUT2D eigenvalue weighted by Crippen LogP contribution is -2.65. The summed E-state index contributed by atoms with van der Waals surface area (Å²) in [6.45, 7) is 11.1. The van der Waals surface area contributed by atoms with Crippen molar-refractivity contribution in [3.63, 3.8) is 0 Å². The Morgan fingerprint density at radius 3 is 2.29 bits per heavy atom. The number of benzene rings is 1. The van der Waals surface area contributed by atoms with Crippen molar-refractivity contribution in [2.75, 3.05) is 26.0 Å². The van der Waals surface area contributed by atoms with Crippen LogP contribution < -0.4 is 0 Å². The normalized spacial score (nSPS) is 24.4. The van der Waals surface area contributed by atoms with Crippen molar-refractivity contribution in [3.8, 4) is 0 Å². The number of fused-ring (bicyclic) bond motifs is 1. The van der Waals surface area contributed by atoms with Gasteiger partial charge in [0.1, 0.15) is 5.70 Å². The third-order valence-corrected chi connectivity index (χ3v) is 15.0. The van der Waals surface area contributed by atoms with Crippen LogP contribution in [0.1, 0.15) is 57.8 Å². The molecular formula is C30H43N3O10SSi. The highest BCUT2D eigenvalue weighted by Crippen LogP contribution is 2.49. The molecule has 1 amide bonds. The van der Waals surface area contributed by atoms with Gasteiger partial charge in [0.25, 0.3) is 15.8 Å². The van der Waals surface area contributed by atoms with Crippen molar-refractivity contribution in [2.45, 2.75) is 83.8 Å². The molecule has 0 aromatic heterocycles. The van der Waals surface area contributed by atoms with Crippen molar-refractivity contribution in [1.29, 1.82) is 0 Å². The molecule has 248 valence electrons. The maximum atomic E-state index is 13.8. The van der Waals surface area contributed by atoms with Crippen LogP contribution in [0.25, 0.3) is 0 Å². The van der Waals surface area contributed by atoms with E-state index >= 15 is 0 Å². The van der Waals surface area contributed by atoms with Crippen LogP contribution in [0.5, 0.6) is 0 Å². The highest BCUT2D eigenvalue weighted by Gasteiger charge is 2.61. The Morgan fingerprint density at radius 2 is 1.73 bits per heavy atom. The molecule has 4 rings (SSSR count). The predicted octanol–water partition coefficient (Wildman–Crippen LogP) is 3.86. The number of esters is 2. The molecule has 1 aromatic carbocycles. The minimum atomic E-state index is -3.65. The average molecular weight is 666 g/mol. The number of carbonyl (C=O) groups excluding carboxylic acids is 3. The molecular weight excluding hydrogens is 622 g/mol. The topological polar surface area (TPSA) is 163 Å². The molecule has 0 aliphatic carbocycles.